The number of esters is 2. The van der Waals surface area contributed by atoms with E-state index in [0.717, 1.165) is 6.42 Å². The van der Waals surface area contributed by atoms with Crippen molar-refractivity contribution in [3.05, 3.63) is 29.8 Å². The van der Waals surface area contributed by atoms with Gasteiger partial charge < -0.3 is 14.2 Å². The smallest absolute Gasteiger partial charge is 0.310 e. The fourth-order valence-electron chi connectivity index (χ4n) is 4.41. The molecule has 1 saturated heterocycles. The van der Waals surface area contributed by atoms with E-state index < -0.39 is 17.8 Å². The average Bonchev–Trinajstić information content (AvgIpc) is 3.23. The lowest BCUT2D eigenvalue weighted by molar-refractivity contribution is -0.154. The highest BCUT2D eigenvalue weighted by Gasteiger charge is 2.68. The molecule has 6 atom stereocenters. The number of fused-ring (bicyclic) bond motifs is 1. The van der Waals surface area contributed by atoms with Crippen LogP contribution in [0.1, 0.15) is 16.8 Å². The van der Waals surface area contributed by atoms with Crippen LogP contribution < -0.4 is 4.74 Å². The molecule has 0 spiro atoms. The molecule has 7 heteroatoms. The van der Waals surface area contributed by atoms with Crippen LogP contribution in [-0.2, 0) is 19.1 Å². The number of ether oxygens (including phenoxy) is 3. The average molecular weight is 409 g/mol. The van der Waals surface area contributed by atoms with Crippen molar-refractivity contribution in [2.75, 3.05) is 13.7 Å². The Labute approximate surface area is 152 Å². The number of halogens is 1. The van der Waals surface area contributed by atoms with E-state index in [9.17, 15) is 14.4 Å². The minimum Gasteiger partial charge on any atom is -0.497 e. The molecule has 2 bridgehead atoms. The van der Waals surface area contributed by atoms with Crippen molar-refractivity contribution in [2.45, 2.75) is 17.4 Å². The molecule has 25 heavy (non-hydrogen) atoms. The highest BCUT2D eigenvalue weighted by Crippen LogP contribution is 2.60. The first-order valence-electron chi connectivity index (χ1n) is 8.19. The molecule has 1 heterocycles. The Kier molecular flexibility index (Phi) is 4.06. The number of hydrogen-bond donors (Lipinski definition) is 0. The summed E-state index contributed by atoms with van der Waals surface area (Å²) < 4.78 is 15.7. The van der Waals surface area contributed by atoms with E-state index in [0.29, 0.717) is 11.3 Å². The third-order valence-electron chi connectivity index (χ3n) is 5.53. The zero-order chi connectivity index (χ0) is 17.7. The van der Waals surface area contributed by atoms with Gasteiger partial charge >= 0.3 is 11.9 Å². The quantitative estimate of drug-likeness (QED) is 0.421. The summed E-state index contributed by atoms with van der Waals surface area (Å²) in [6.45, 7) is -0.349. The first-order chi connectivity index (χ1) is 12.0. The second-order valence-electron chi connectivity index (χ2n) is 6.72. The van der Waals surface area contributed by atoms with Gasteiger partial charge in [-0.2, -0.15) is 0 Å². The lowest BCUT2D eigenvalue weighted by Crippen LogP contribution is -2.39. The number of ketones is 1. The molecule has 0 radical (unpaired) electrons. The van der Waals surface area contributed by atoms with Crippen LogP contribution in [0.5, 0.6) is 5.75 Å². The number of hydrogen-bond acceptors (Lipinski definition) is 6. The summed E-state index contributed by atoms with van der Waals surface area (Å²) in [6.07, 6.45) is 0.644. The lowest BCUT2D eigenvalue weighted by atomic mass is 9.80. The van der Waals surface area contributed by atoms with E-state index in [2.05, 4.69) is 15.9 Å². The maximum atomic E-state index is 12.5. The van der Waals surface area contributed by atoms with Crippen LogP contribution in [0.3, 0.4) is 0 Å². The summed E-state index contributed by atoms with van der Waals surface area (Å²) >= 11 is 3.55. The number of Topliss-reactive ketones (excluding diaryl/α,β-unsaturated/α-hetero) is 1. The van der Waals surface area contributed by atoms with Crippen LogP contribution in [0.25, 0.3) is 0 Å². The van der Waals surface area contributed by atoms with Crippen molar-refractivity contribution in [3.8, 4) is 5.75 Å². The molecule has 3 aliphatic rings. The lowest BCUT2D eigenvalue weighted by Gasteiger charge is -2.26. The van der Waals surface area contributed by atoms with Gasteiger partial charge in [0.25, 0.3) is 0 Å². The standard InChI is InChI=1S/C18H17BrO6/c1-23-9-4-2-3-8(5-9)12(20)7-24-17(21)13-10-6-11-14(13)18(22)25-16(11)15(10)19/h2-5,10-11,13-16H,6-7H2,1H3/t10-,11-,13+,14+,15-,16+/m1/s1. The summed E-state index contributed by atoms with van der Waals surface area (Å²) in [5, 5.41) is 0. The fourth-order valence-corrected chi connectivity index (χ4v) is 5.45. The van der Waals surface area contributed by atoms with Gasteiger partial charge in [0.1, 0.15) is 11.9 Å². The van der Waals surface area contributed by atoms with Crippen molar-refractivity contribution in [3.63, 3.8) is 0 Å². The Morgan fingerprint density at radius 2 is 2.12 bits per heavy atom. The molecule has 2 saturated carbocycles. The molecule has 6 nitrogen and oxygen atoms in total. The van der Waals surface area contributed by atoms with Gasteiger partial charge in [-0.3, -0.25) is 14.4 Å². The number of carbonyl (C=O) groups excluding carboxylic acids is 3. The maximum Gasteiger partial charge on any atom is 0.310 e. The summed E-state index contributed by atoms with van der Waals surface area (Å²) in [5.41, 5.74) is 0.416. The van der Waals surface area contributed by atoms with Crippen molar-refractivity contribution >= 4 is 33.7 Å². The third kappa shape index (κ3) is 2.56. The third-order valence-corrected chi connectivity index (χ3v) is 6.73. The number of benzene rings is 1. The topological polar surface area (TPSA) is 78.9 Å². The van der Waals surface area contributed by atoms with E-state index in [4.69, 9.17) is 14.2 Å². The van der Waals surface area contributed by atoms with E-state index in [1.165, 1.54) is 7.11 Å². The maximum absolute atomic E-state index is 12.5. The minimum absolute atomic E-state index is 0.0193. The van der Waals surface area contributed by atoms with Crippen molar-refractivity contribution in [1.82, 2.24) is 0 Å². The zero-order valence-corrected chi connectivity index (χ0v) is 15.1. The number of methoxy groups -OCH3 is 1. The Morgan fingerprint density at radius 3 is 2.88 bits per heavy atom. The summed E-state index contributed by atoms with van der Waals surface area (Å²) in [7, 11) is 1.52. The molecule has 1 aliphatic heterocycles. The van der Waals surface area contributed by atoms with Crippen LogP contribution in [0.4, 0.5) is 0 Å². The molecular formula is C18H17BrO6. The predicted molar refractivity (Wildman–Crippen MR) is 89.5 cm³/mol. The van der Waals surface area contributed by atoms with Gasteiger partial charge in [-0.05, 0) is 24.5 Å². The predicted octanol–water partition coefficient (Wildman–Crippen LogP) is 1.99. The van der Waals surface area contributed by atoms with E-state index in [1.807, 2.05) is 0 Å². The highest BCUT2D eigenvalue weighted by atomic mass is 79.9. The first-order valence-corrected chi connectivity index (χ1v) is 9.11. The van der Waals surface area contributed by atoms with Crippen LogP contribution in [0.15, 0.2) is 24.3 Å². The van der Waals surface area contributed by atoms with Gasteiger partial charge in [-0.25, -0.2) is 0 Å². The highest BCUT2D eigenvalue weighted by molar-refractivity contribution is 9.09. The van der Waals surface area contributed by atoms with Crippen LogP contribution in [0, 0.1) is 23.7 Å². The Bertz CT molecular complexity index is 747. The van der Waals surface area contributed by atoms with E-state index in [-0.39, 0.29) is 41.1 Å². The molecule has 0 aromatic heterocycles. The first kappa shape index (κ1) is 16.6. The molecule has 3 fully saturated rings. The van der Waals surface area contributed by atoms with Gasteiger partial charge in [0.2, 0.25) is 0 Å². The second kappa shape index (κ2) is 6.12. The minimum atomic E-state index is -0.529. The second-order valence-corrected chi connectivity index (χ2v) is 7.78. The van der Waals surface area contributed by atoms with Crippen LogP contribution >= 0.6 is 15.9 Å². The molecule has 0 amide bonds. The Balaban J connectivity index is 1.43. The van der Waals surface area contributed by atoms with Gasteiger partial charge in [0, 0.05) is 11.5 Å². The van der Waals surface area contributed by atoms with E-state index >= 15 is 0 Å². The molecule has 1 aromatic carbocycles. The largest absolute Gasteiger partial charge is 0.497 e. The fraction of sp³-hybridized carbons (Fsp3) is 0.500. The molecule has 0 N–H and O–H groups in total. The van der Waals surface area contributed by atoms with Crippen molar-refractivity contribution in [1.29, 1.82) is 0 Å². The Hall–Kier alpha value is -1.89. The molecule has 0 unspecified atom stereocenters. The zero-order valence-electron chi connectivity index (χ0n) is 13.5. The molecule has 1 aromatic rings. The van der Waals surface area contributed by atoms with E-state index in [1.54, 1.807) is 24.3 Å². The molecule has 132 valence electrons. The normalized spacial score (nSPS) is 34.7. The number of rotatable bonds is 5. The van der Waals surface area contributed by atoms with Gasteiger partial charge in [0.05, 0.1) is 23.8 Å². The summed E-state index contributed by atoms with van der Waals surface area (Å²) in [6, 6.07) is 6.68. The number of carbonyl (C=O) groups is 3. The van der Waals surface area contributed by atoms with Gasteiger partial charge in [-0.15, -0.1) is 0 Å². The van der Waals surface area contributed by atoms with Crippen molar-refractivity contribution in [2.24, 2.45) is 23.7 Å². The van der Waals surface area contributed by atoms with Gasteiger partial charge in [-0.1, -0.05) is 28.1 Å². The molecule has 2 aliphatic carbocycles. The van der Waals surface area contributed by atoms with Crippen LogP contribution in [0.2, 0.25) is 0 Å². The SMILES string of the molecule is COc1cccc(C(=O)COC(=O)[C@H]2[C@H]3C[C@H]4[C@H](OC(=O)[C@@H]42)[C@@H]3Br)c1. The number of alkyl halides is 1. The summed E-state index contributed by atoms with van der Waals surface area (Å²) in [4.78, 5) is 36.8. The monoisotopic (exact) mass is 408 g/mol. The summed E-state index contributed by atoms with van der Waals surface area (Å²) in [5.74, 6) is -1.41. The molecule has 4 rings (SSSR count). The molecular weight excluding hydrogens is 392 g/mol. The van der Waals surface area contributed by atoms with Crippen molar-refractivity contribution < 1.29 is 28.6 Å². The van der Waals surface area contributed by atoms with Crippen LogP contribution in [-0.4, -0.2) is 42.4 Å². The Morgan fingerprint density at radius 1 is 1.32 bits per heavy atom. The van der Waals surface area contributed by atoms with Gasteiger partial charge in [0.15, 0.2) is 12.4 Å².